The van der Waals surface area contributed by atoms with Crippen molar-refractivity contribution in [3.8, 4) is 12.3 Å². The monoisotopic (exact) mass is 218 g/mol. The predicted molar refractivity (Wildman–Crippen MR) is 56.6 cm³/mol. The predicted octanol–water partition coefficient (Wildman–Crippen LogP) is 2.47. The van der Waals surface area contributed by atoms with Crippen LogP contribution in [0.25, 0.3) is 11.0 Å². The third kappa shape index (κ3) is 1.98. The number of aromatic nitrogens is 2. The molecule has 0 N–H and O–H groups in total. The Labute approximate surface area is 91.3 Å². The lowest BCUT2D eigenvalue weighted by Crippen LogP contribution is -1.95. The smallest absolute Gasteiger partial charge is 0.161 e. The lowest BCUT2D eigenvalue weighted by Gasteiger charge is -2.01. The van der Waals surface area contributed by atoms with Crippen LogP contribution in [0.3, 0.4) is 0 Å². The van der Waals surface area contributed by atoms with E-state index in [1.807, 2.05) is 0 Å². The van der Waals surface area contributed by atoms with E-state index in [2.05, 4.69) is 15.9 Å². The van der Waals surface area contributed by atoms with E-state index < -0.39 is 11.6 Å². The van der Waals surface area contributed by atoms with Gasteiger partial charge in [-0.05, 0) is 0 Å². The fourth-order valence-corrected chi connectivity index (χ4v) is 1.37. The van der Waals surface area contributed by atoms with E-state index >= 15 is 0 Å². The minimum Gasteiger partial charge on any atom is -0.253 e. The summed E-state index contributed by atoms with van der Waals surface area (Å²) in [7, 11) is 0. The van der Waals surface area contributed by atoms with E-state index in [4.69, 9.17) is 6.42 Å². The van der Waals surface area contributed by atoms with E-state index in [1.165, 1.54) is 6.20 Å². The van der Waals surface area contributed by atoms with Gasteiger partial charge in [0.25, 0.3) is 0 Å². The zero-order valence-corrected chi connectivity index (χ0v) is 8.37. The molecule has 0 bridgehead atoms. The molecule has 1 aromatic heterocycles. The van der Waals surface area contributed by atoms with Crippen molar-refractivity contribution in [2.45, 2.75) is 12.8 Å². The number of terminal acetylenes is 1. The Morgan fingerprint density at radius 3 is 2.56 bits per heavy atom. The zero-order valence-electron chi connectivity index (χ0n) is 8.37. The van der Waals surface area contributed by atoms with Gasteiger partial charge >= 0.3 is 0 Å². The average Bonchev–Trinajstić information content (AvgIpc) is 2.28. The second-order valence-electron chi connectivity index (χ2n) is 3.32. The molecule has 0 atom stereocenters. The quantitative estimate of drug-likeness (QED) is 0.723. The minimum absolute atomic E-state index is 0.336. The maximum atomic E-state index is 13.0. The molecule has 2 aromatic rings. The third-order valence-corrected chi connectivity index (χ3v) is 2.16. The van der Waals surface area contributed by atoms with Gasteiger partial charge in [0.1, 0.15) is 0 Å². The van der Waals surface area contributed by atoms with Gasteiger partial charge in [-0.1, -0.05) is 0 Å². The summed E-state index contributed by atoms with van der Waals surface area (Å²) in [6, 6.07) is 2.07. The lowest BCUT2D eigenvalue weighted by molar-refractivity contribution is 0.510. The van der Waals surface area contributed by atoms with Crippen LogP contribution >= 0.6 is 0 Å². The molecule has 16 heavy (non-hydrogen) atoms. The van der Waals surface area contributed by atoms with Crippen molar-refractivity contribution < 1.29 is 8.78 Å². The Kier molecular flexibility index (Phi) is 2.78. The summed E-state index contributed by atoms with van der Waals surface area (Å²) in [5.41, 5.74) is 1.35. The van der Waals surface area contributed by atoms with Gasteiger partial charge in [0.05, 0.1) is 16.7 Å². The summed E-state index contributed by atoms with van der Waals surface area (Å²) in [4.78, 5) is 8.15. The highest BCUT2D eigenvalue weighted by Crippen LogP contribution is 2.15. The number of aryl methyl sites for hydroxylation is 1. The van der Waals surface area contributed by atoms with Crippen LogP contribution in [-0.2, 0) is 6.42 Å². The Bertz CT molecular complexity index is 573. The SMILES string of the molecule is C#CCCc1cnc2cc(F)c(F)cc2n1. The number of rotatable bonds is 2. The standard InChI is InChI=1S/C12H8F2N2/c1-2-3-4-8-7-15-11-5-9(13)10(14)6-12(11)16-8/h1,5-7H,3-4H2. The molecule has 0 aliphatic carbocycles. The van der Waals surface area contributed by atoms with Crippen molar-refractivity contribution in [1.82, 2.24) is 9.97 Å². The summed E-state index contributed by atoms with van der Waals surface area (Å²) >= 11 is 0. The molecular formula is C12H8F2N2. The highest BCUT2D eigenvalue weighted by molar-refractivity contribution is 5.74. The second-order valence-corrected chi connectivity index (χ2v) is 3.32. The van der Waals surface area contributed by atoms with Gasteiger partial charge in [0, 0.05) is 31.2 Å². The molecule has 1 aromatic carbocycles. The van der Waals surface area contributed by atoms with Crippen molar-refractivity contribution >= 4 is 11.0 Å². The van der Waals surface area contributed by atoms with Crippen LogP contribution in [0.5, 0.6) is 0 Å². The fourth-order valence-electron chi connectivity index (χ4n) is 1.37. The van der Waals surface area contributed by atoms with Crippen LogP contribution in [0.2, 0.25) is 0 Å². The molecule has 0 unspecified atom stereocenters. The topological polar surface area (TPSA) is 25.8 Å². The van der Waals surface area contributed by atoms with Crippen LogP contribution in [0, 0.1) is 24.0 Å². The van der Waals surface area contributed by atoms with Gasteiger partial charge in [0.2, 0.25) is 0 Å². The molecule has 80 valence electrons. The molecule has 2 nitrogen and oxygen atoms in total. The largest absolute Gasteiger partial charge is 0.253 e. The number of nitrogens with zero attached hydrogens (tertiary/aromatic N) is 2. The highest BCUT2D eigenvalue weighted by Gasteiger charge is 2.06. The Morgan fingerprint density at radius 2 is 1.88 bits per heavy atom. The fraction of sp³-hybridized carbons (Fsp3) is 0.167. The number of benzene rings is 1. The lowest BCUT2D eigenvalue weighted by atomic mass is 10.2. The van der Waals surface area contributed by atoms with Gasteiger partial charge in [-0.3, -0.25) is 4.98 Å². The first-order chi connectivity index (χ1) is 7.70. The summed E-state index contributed by atoms with van der Waals surface area (Å²) in [5.74, 6) is 0.644. The average molecular weight is 218 g/mol. The maximum Gasteiger partial charge on any atom is 0.161 e. The Hall–Kier alpha value is -2.02. The molecule has 2 rings (SSSR count). The van der Waals surface area contributed by atoms with Crippen LogP contribution in [0.4, 0.5) is 8.78 Å². The van der Waals surface area contributed by atoms with Gasteiger partial charge in [0.15, 0.2) is 11.6 Å². The van der Waals surface area contributed by atoms with E-state index in [9.17, 15) is 8.78 Å². The van der Waals surface area contributed by atoms with Crippen LogP contribution in [0.15, 0.2) is 18.3 Å². The summed E-state index contributed by atoms with van der Waals surface area (Å²) in [5, 5.41) is 0. The number of fused-ring (bicyclic) bond motifs is 1. The maximum absolute atomic E-state index is 13.0. The second kappa shape index (κ2) is 4.23. The zero-order chi connectivity index (χ0) is 11.5. The van der Waals surface area contributed by atoms with Gasteiger partial charge in [-0.15, -0.1) is 12.3 Å². The molecule has 1 heterocycles. The molecule has 0 spiro atoms. The van der Waals surface area contributed by atoms with Gasteiger partial charge in [-0.25, -0.2) is 13.8 Å². The number of hydrogen-bond donors (Lipinski definition) is 0. The van der Waals surface area contributed by atoms with Crippen molar-refractivity contribution in [2.24, 2.45) is 0 Å². The Balaban J connectivity index is 2.46. The van der Waals surface area contributed by atoms with Crippen LogP contribution in [-0.4, -0.2) is 9.97 Å². The molecule has 0 saturated heterocycles. The van der Waals surface area contributed by atoms with E-state index in [0.717, 1.165) is 12.1 Å². The number of hydrogen-bond acceptors (Lipinski definition) is 2. The first-order valence-corrected chi connectivity index (χ1v) is 4.75. The molecule has 0 fully saturated rings. The molecule has 0 aliphatic rings. The van der Waals surface area contributed by atoms with E-state index in [-0.39, 0.29) is 0 Å². The first kappa shape index (κ1) is 10.5. The summed E-state index contributed by atoms with van der Waals surface area (Å²) < 4.78 is 25.8. The molecule has 0 radical (unpaired) electrons. The molecule has 4 heteroatoms. The normalized spacial score (nSPS) is 10.3. The number of halogens is 2. The van der Waals surface area contributed by atoms with Gasteiger partial charge in [-0.2, -0.15) is 0 Å². The van der Waals surface area contributed by atoms with Crippen molar-refractivity contribution in [3.63, 3.8) is 0 Å². The third-order valence-electron chi connectivity index (χ3n) is 2.16. The molecule has 0 saturated carbocycles. The van der Waals surface area contributed by atoms with Crippen molar-refractivity contribution in [3.05, 3.63) is 35.7 Å². The first-order valence-electron chi connectivity index (χ1n) is 4.75. The van der Waals surface area contributed by atoms with Crippen molar-refractivity contribution in [1.29, 1.82) is 0 Å². The van der Waals surface area contributed by atoms with E-state index in [1.54, 1.807) is 0 Å². The van der Waals surface area contributed by atoms with Crippen LogP contribution < -0.4 is 0 Å². The van der Waals surface area contributed by atoms with Crippen molar-refractivity contribution in [2.75, 3.05) is 0 Å². The van der Waals surface area contributed by atoms with Crippen LogP contribution in [0.1, 0.15) is 12.1 Å². The van der Waals surface area contributed by atoms with E-state index in [0.29, 0.717) is 29.6 Å². The molecular weight excluding hydrogens is 210 g/mol. The summed E-state index contributed by atoms with van der Waals surface area (Å²) in [6.45, 7) is 0. The molecule has 0 aliphatic heterocycles. The Morgan fingerprint density at radius 1 is 1.19 bits per heavy atom. The summed E-state index contributed by atoms with van der Waals surface area (Å²) in [6.07, 6.45) is 7.78. The minimum atomic E-state index is -0.920. The molecule has 0 amide bonds. The van der Waals surface area contributed by atoms with Gasteiger partial charge < -0.3 is 0 Å². The highest BCUT2D eigenvalue weighted by atomic mass is 19.2.